The fourth-order valence-electron chi connectivity index (χ4n) is 3.85. The van der Waals surface area contributed by atoms with Crippen molar-refractivity contribution >= 4 is 11.7 Å². The van der Waals surface area contributed by atoms with E-state index in [9.17, 15) is 4.79 Å². The molecule has 7 nitrogen and oxygen atoms in total. The first-order chi connectivity index (χ1) is 12.5. The van der Waals surface area contributed by atoms with Gasteiger partial charge in [-0.2, -0.15) is 5.10 Å². The van der Waals surface area contributed by atoms with Crippen molar-refractivity contribution in [2.24, 2.45) is 0 Å². The van der Waals surface area contributed by atoms with E-state index in [4.69, 9.17) is 4.98 Å². The summed E-state index contributed by atoms with van der Waals surface area (Å²) >= 11 is 0. The number of fused-ring (bicyclic) bond motifs is 1. The molecule has 0 radical (unpaired) electrons. The topological polar surface area (TPSA) is 68.3 Å². The lowest BCUT2D eigenvalue weighted by molar-refractivity contribution is -0.136. The maximum absolute atomic E-state index is 13.0. The number of hydrogen-bond donors (Lipinski definition) is 0. The van der Waals surface area contributed by atoms with E-state index < -0.39 is 0 Å². The van der Waals surface area contributed by atoms with Gasteiger partial charge in [0.05, 0.1) is 17.4 Å². The van der Waals surface area contributed by atoms with Gasteiger partial charge < -0.3 is 4.90 Å². The lowest BCUT2D eigenvalue weighted by Gasteiger charge is -2.35. The fourth-order valence-corrected chi connectivity index (χ4v) is 3.85. The second-order valence-electron chi connectivity index (χ2n) is 7.10. The molecule has 1 saturated heterocycles. The molecule has 1 aliphatic heterocycles. The minimum atomic E-state index is 0.00798. The summed E-state index contributed by atoms with van der Waals surface area (Å²) < 4.78 is 3.76. The molecule has 0 aliphatic carbocycles. The molecule has 0 bridgehead atoms. The van der Waals surface area contributed by atoms with E-state index in [0.717, 1.165) is 48.6 Å². The third kappa shape index (κ3) is 2.98. The molecule has 3 aromatic heterocycles. The summed E-state index contributed by atoms with van der Waals surface area (Å²) in [5.74, 6) is 0.792. The number of aryl methyl sites for hydroxylation is 3. The minimum absolute atomic E-state index is 0.00798. The maximum Gasteiger partial charge on any atom is 0.244 e. The summed E-state index contributed by atoms with van der Waals surface area (Å²) in [6.07, 6.45) is 6.74. The number of imidazole rings is 1. The molecule has 1 fully saturated rings. The summed E-state index contributed by atoms with van der Waals surface area (Å²) in [5.41, 5.74) is 3.96. The number of rotatable bonds is 3. The number of hydrogen-bond acceptors (Lipinski definition) is 4. The molecule has 1 atom stereocenters. The minimum Gasteiger partial charge on any atom is -0.332 e. The molecule has 26 heavy (non-hydrogen) atoms. The van der Waals surface area contributed by atoms with Crippen LogP contribution in [0.1, 0.15) is 48.1 Å². The van der Waals surface area contributed by atoms with Gasteiger partial charge in [-0.3, -0.25) is 13.9 Å². The first kappa shape index (κ1) is 16.8. The molecule has 0 saturated carbocycles. The van der Waals surface area contributed by atoms with E-state index in [1.807, 2.05) is 42.3 Å². The van der Waals surface area contributed by atoms with Crippen molar-refractivity contribution in [3.63, 3.8) is 0 Å². The first-order valence-electron chi connectivity index (χ1n) is 9.14. The number of aromatic nitrogens is 5. The highest BCUT2D eigenvalue weighted by Gasteiger charge is 2.30. The van der Waals surface area contributed by atoms with E-state index in [-0.39, 0.29) is 18.5 Å². The van der Waals surface area contributed by atoms with Gasteiger partial charge in [0.1, 0.15) is 6.54 Å². The number of carbonyl (C=O) groups excluding carboxylic acids is 1. The predicted octanol–water partition coefficient (Wildman–Crippen LogP) is 2.60. The molecule has 4 rings (SSSR count). The fraction of sp³-hybridized carbons (Fsp3) is 0.474. The molecule has 0 N–H and O–H groups in total. The highest BCUT2D eigenvalue weighted by Crippen LogP contribution is 2.30. The first-order valence-corrected chi connectivity index (χ1v) is 9.14. The zero-order valence-electron chi connectivity index (χ0n) is 15.5. The lowest BCUT2D eigenvalue weighted by atomic mass is 9.98. The molecular weight excluding hydrogens is 328 g/mol. The van der Waals surface area contributed by atoms with Crippen molar-refractivity contribution in [2.45, 2.75) is 52.6 Å². The second kappa shape index (κ2) is 6.55. The Morgan fingerprint density at radius 3 is 2.81 bits per heavy atom. The summed E-state index contributed by atoms with van der Waals surface area (Å²) in [5, 5.41) is 4.43. The van der Waals surface area contributed by atoms with Crippen molar-refractivity contribution in [3.8, 4) is 0 Å². The molecule has 1 aliphatic rings. The van der Waals surface area contributed by atoms with Crippen LogP contribution in [0.5, 0.6) is 0 Å². The summed E-state index contributed by atoms with van der Waals surface area (Å²) in [7, 11) is 0. The zero-order valence-corrected chi connectivity index (χ0v) is 15.5. The molecular formula is C19H24N6O. The van der Waals surface area contributed by atoms with Gasteiger partial charge in [0.25, 0.3) is 0 Å². The van der Waals surface area contributed by atoms with E-state index in [0.29, 0.717) is 5.78 Å². The van der Waals surface area contributed by atoms with Crippen LogP contribution < -0.4 is 0 Å². The average molecular weight is 352 g/mol. The standard InChI is InChI=1S/C19H24N6O/c1-13-10-15(3)25(22-13)12-18(26)24-8-5-4-6-17(24)16-11-14(2)23-9-7-20-19(23)21-16/h7,9-11,17H,4-6,8,12H2,1-3H3. The maximum atomic E-state index is 13.0. The Kier molecular flexibility index (Phi) is 4.22. The largest absolute Gasteiger partial charge is 0.332 e. The Hall–Kier alpha value is -2.70. The zero-order chi connectivity index (χ0) is 18.3. The SMILES string of the molecule is Cc1cc(C)n(CC(=O)N2CCCCC2c2cc(C)n3ccnc3n2)n1. The van der Waals surface area contributed by atoms with E-state index in [2.05, 4.69) is 16.1 Å². The molecule has 7 heteroatoms. The summed E-state index contributed by atoms with van der Waals surface area (Å²) in [4.78, 5) is 24.0. The Bertz CT molecular complexity index is 956. The van der Waals surface area contributed by atoms with Crippen molar-refractivity contribution < 1.29 is 4.79 Å². The summed E-state index contributed by atoms with van der Waals surface area (Å²) in [6, 6.07) is 4.08. The third-order valence-corrected chi connectivity index (χ3v) is 5.14. The number of piperidine rings is 1. The van der Waals surface area contributed by atoms with Crippen LogP contribution in [-0.4, -0.2) is 41.5 Å². The average Bonchev–Trinajstić information content (AvgIpc) is 3.21. The molecule has 0 spiro atoms. The number of likely N-dealkylation sites (tertiary alicyclic amines) is 1. The number of amides is 1. The highest BCUT2D eigenvalue weighted by molar-refractivity contribution is 5.76. The third-order valence-electron chi connectivity index (χ3n) is 5.14. The van der Waals surface area contributed by atoms with Crippen LogP contribution in [-0.2, 0) is 11.3 Å². The van der Waals surface area contributed by atoms with Gasteiger partial charge in [0.15, 0.2) is 0 Å². The molecule has 4 heterocycles. The van der Waals surface area contributed by atoms with Gasteiger partial charge >= 0.3 is 0 Å². The van der Waals surface area contributed by atoms with Crippen LogP contribution in [0.25, 0.3) is 5.78 Å². The van der Waals surface area contributed by atoms with Gasteiger partial charge in [-0.1, -0.05) is 0 Å². The Balaban J connectivity index is 1.63. The Labute approximate surface area is 152 Å². The molecule has 3 aromatic rings. The quantitative estimate of drug-likeness (QED) is 0.727. The normalized spacial score (nSPS) is 17.8. The van der Waals surface area contributed by atoms with Crippen molar-refractivity contribution in [1.82, 2.24) is 29.0 Å². The van der Waals surface area contributed by atoms with Crippen LogP contribution in [0.15, 0.2) is 24.5 Å². The number of carbonyl (C=O) groups is 1. The Morgan fingerprint density at radius 1 is 1.19 bits per heavy atom. The van der Waals surface area contributed by atoms with Crippen molar-refractivity contribution in [2.75, 3.05) is 6.54 Å². The number of nitrogens with zero attached hydrogens (tertiary/aromatic N) is 6. The summed E-state index contributed by atoms with van der Waals surface area (Å²) in [6.45, 7) is 7.02. The van der Waals surface area contributed by atoms with Gasteiger partial charge in [-0.15, -0.1) is 0 Å². The van der Waals surface area contributed by atoms with E-state index in [1.165, 1.54) is 0 Å². The molecule has 1 amide bonds. The van der Waals surface area contributed by atoms with E-state index >= 15 is 0 Å². The highest BCUT2D eigenvalue weighted by atomic mass is 16.2. The van der Waals surface area contributed by atoms with Gasteiger partial charge in [-0.05, 0) is 52.2 Å². The van der Waals surface area contributed by atoms with Crippen LogP contribution >= 0.6 is 0 Å². The van der Waals surface area contributed by atoms with Gasteiger partial charge in [0.2, 0.25) is 11.7 Å². The van der Waals surface area contributed by atoms with Crippen LogP contribution in [0.4, 0.5) is 0 Å². The van der Waals surface area contributed by atoms with E-state index in [1.54, 1.807) is 10.9 Å². The van der Waals surface area contributed by atoms with Crippen molar-refractivity contribution in [1.29, 1.82) is 0 Å². The lowest BCUT2D eigenvalue weighted by Crippen LogP contribution is -2.41. The molecule has 136 valence electrons. The van der Waals surface area contributed by atoms with Gasteiger partial charge in [-0.25, -0.2) is 9.97 Å². The second-order valence-corrected chi connectivity index (χ2v) is 7.10. The monoisotopic (exact) mass is 352 g/mol. The van der Waals surface area contributed by atoms with Crippen LogP contribution in [0, 0.1) is 20.8 Å². The van der Waals surface area contributed by atoms with Gasteiger partial charge in [0, 0.05) is 30.3 Å². The van der Waals surface area contributed by atoms with Crippen molar-refractivity contribution in [3.05, 3.63) is 47.3 Å². The van der Waals surface area contributed by atoms with Crippen LogP contribution in [0.2, 0.25) is 0 Å². The molecule has 1 unspecified atom stereocenters. The smallest absolute Gasteiger partial charge is 0.244 e. The molecule has 0 aromatic carbocycles. The Morgan fingerprint density at radius 2 is 2.04 bits per heavy atom. The predicted molar refractivity (Wildman–Crippen MR) is 97.7 cm³/mol. The van der Waals surface area contributed by atoms with Crippen LogP contribution in [0.3, 0.4) is 0 Å².